The topological polar surface area (TPSA) is 44.8 Å². The van der Waals surface area contributed by atoms with Gasteiger partial charge in [-0.2, -0.15) is 0 Å². The Hall–Kier alpha value is -2.31. The van der Waals surface area contributed by atoms with Crippen LogP contribution in [0.4, 0.5) is 14.9 Å². The number of ether oxygens (including phenoxy) is 1. The van der Waals surface area contributed by atoms with Crippen molar-refractivity contribution in [1.29, 1.82) is 0 Å². The Morgan fingerprint density at radius 1 is 1.25 bits per heavy atom. The highest BCUT2D eigenvalue weighted by molar-refractivity contribution is 5.93. The van der Waals surface area contributed by atoms with Gasteiger partial charge in [0.1, 0.15) is 11.6 Å². The molecule has 1 aliphatic rings. The van der Waals surface area contributed by atoms with Gasteiger partial charge in [0.25, 0.3) is 0 Å². The number of nitrogens with one attached hydrogen (secondary N) is 1. The third-order valence-electron chi connectivity index (χ3n) is 4.98. The molecule has 152 valence electrons. The number of anilines is 1. The molecule has 2 aromatic carbocycles. The van der Waals surface area contributed by atoms with Crippen molar-refractivity contribution >= 4 is 24.1 Å². The van der Waals surface area contributed by atoms with Gasteiger partial charge >= 0.3 is 6.03 Å². The molecule has 1 heterocycles. The van der Waals surface area contributed by atoms with E-state index in [9.17, 15) is 9.18 Å². The summed E-state index contributed by atoms with van der Waals surface area (Å²) in [5, 5.41) is 3.04. The molecule has 0 aliphatic carbocycles. The van der Waals surface area contributed by atoms with Crippen LogP contribution in [-0.4, -0.2) is 45.2 Å². The molecule has 3 rings (SSSR count). The third kappa shape index (κ3) is 4.94. The zero-order valence-electron chi connectivity index (χ0n) is 16.4. The minimum Gasteiger partial charge on any atom is -0.497 e. The predicted octanol–water partition coefficient (Wildman–Crippen LogP) is 4.02. The van der Waals surface area contributed by atoms with Gasteiger partial charge in [0.05, 0.1) is 13.2 Å². The molecule has 0 bridgehead atoms. The Labute approximate surface area is 171 Å². The number of amides is 2. The Bertz CT molecular complexity index is 799. The minimum atomic E-state index is -0.261. The normalized spacial score (nSPS) is 14.1. The van der Waals surface area contributed by atoms with Gasteiger partial charge in [-0.3, -0.25) is 4.90 Å². The van der Waals surface area contributed by atoms with Gasteiger partial charge in [0, 0.05) is 18.8 Å². The van der Waals surface area contributed by atoms with Crippen molar-refractivity contribution in [2.24, 2.45) is 0 Å². The second-order valence-corrected chi connectivity index (χ2v) is 6.97. The van der Waals surface area contributed by atoms with Crippen molar-refractivity contribution < 1.29 is 13.9 Å². The quantitative estimate of drug-likeness (QED) is 0.814. The van der Waals surface area contributed by atoms with Crippen LogP contribution >= 0.6 is 12.4 Å². The van der Waals surface area contributed by atoms with Crippen LogP contribution < -0.4 is 15.0 Å². The van der Waals surface area contributed by atoms with Crippen LogP contribution in [0.25, 0.3) is 0 Å². The summed E-state index contributed by atoms with van der Waals surface area (Å²) in [5.41, 5.74) is 2.78. The molecule has 5 nitrogen and oxygen atoms in total. The lowest BCUT2D eigenvalue weighted by molar-refractivity contribution is 0.237. The largest absolute Gasteiger partial charge is 0.497 e. The van der Waals surface area contributed by atoms with Gasteiger partial charge in [-0.25, -0.2) is 9.18 Å². The van der Waals surface area contributed by atoms with E-state index in [-0.39, 0.29) is 30.3 Å². The first-order valence-corrected chi connectivity index (χ1v) is 9.13. The van der Waals surface area contributed by atoms with E-state index in [0.717, 1.165) is 35.4 Å². The standard InChI is InChI=1S/C21H26FN3O2.ClH/c1-24(2)20(15-6-9-18(27-3)10-7-15)14-23-21(26)25-12-4-5-16-13-17(22)8-11-19(16)25;/h6-11,13,20H,4-5,12,14H2,1-3H3,(H,23,26);1H. The molecular formula is C21H27ClFN3O2. The fourth-order valence-electron chi connectivity index (χ4n) is 3.48. The van der Waals surface area contributed by atoms with Gasteiger partial charge in [0.15, 0.2) is 0 Å². The smallest absolute Gasteiger partial charge is 0.321 e. The van der Waals surface area contributed by atoms with Crippen molar-refractivity contribution in [3.05, 3.63) is 59.4 Å². The molecule has 28 heavy (non-hydrogen) atoms. The minimum absolute atomic E-state index is 0. The summed E-state index contributed by atoms with van der Waals surface area (Å²) in [5.74, 6) is 0.542. The van der Waals surface area contributed by atoms with Crippen molar-refractivity contribution in [2.75, 3.05) is 39.2 Å². The second kappa shape index (κ2) is 9.75. The molecule has 1 N–H and O–H groups in total. The number of nitrogens with zero attached hydrogens (tertiary/aromatic N) is 2. The highest BCUT2D eigenvalue weighted by Gasteiger charge is 2.24. The van der Waals surface area contributed by atoms with Gasteiger partial charge in [-0.15, -0.1) is 12.4 Å². The SMILES string of the molecule is COc1ccc(C(CNC(=O)N2CCCc3cc(F)ccc32)N(C)C)cc1.Cl. The number of likely N-dealkylation sites (N-methyl/N-ethyl adjacent to an activating group) is 1. The maximum atomic E-state index is 13.5. The fourth-order valence-corrected chi connectivity index (χ4v) is 3.48. The number of hydrogen-bond acceptors (Lipinski definition) is 3. The number of fused-ring (bicyclic) bond motifs is 1. The van der Waals surface area contributed by atoms with Crippen LogP contribution in [0.3, 0.4) is 0 Å². The van der Waals surface area contributed by atoms with E-state index in [1.165, 1.54) is 12.1 Å². The van der Waals surface area contributed by atoms with Crippen molar-refractivity contribution in [3.63, 3.8) is 0 Å². The van der Waals surface area contributed by atoms with E-state index < -0.39 is 0 Å². The van der Waals surface area contributed by atoms with Crippen LogP contribution in [0.2, 0.25) is 0 Å². The summed E-state index contributed by atoms with van der Waals surface area (Å²) >= 11 is 0. The molecule has 0 aromatic heterocycles. The molecule has 0 saturated heterocycles. The van der Waals surface area contributed by atoms with Gasteiger partial charge in [-0.1, -0.05) is 12.1 Å². The fraction of sp³-hybridized carbons (Fsp3) is 0.381. The molecule has 0 radical (unpaired) electrons. The van der Waals surface area contributed by atoms with E-state index in [0.29, 0.717) is 13.1 Å². The summed E-state index contributed by atoms with van der Waals surface area (Å²) in [6.45, 7) is 1.12. The number of carbonyl (C=O) groups excluding carboxylic acids is 1. The first kappa shape index (κ1) is 22.0. The highest BCUT2D eigenvalue weighted by atomic mass is 35.5. The summed E-state index contributed by atoms with van der Waals surface area (Å²) in [6, 6.07) is 12.4. The summed E-state index contributed by atoms with van der Waals surface area (Å²) in [6.07, 6.45) is 1.63. The molecule has 7 heteroatoms. The highest BCUT2D eigenvalue weighted by Crippen LogP contribution is 2.28. The second-order valence-electron chi connectivity index (χ2n) is 6.97. The Kier molecular flexibility index (Phi) is 7.66. The molecule has 0 spiro atoms. The van der Waals surface area contributed by atoms with E-state index in [1.807, 2.05) is 38.4 Å². The van der Waals surface area contributed by atoms with Crippen LogP contribution in [0.1, 0.15) is 23.6 Å². The number of benzene rings is 2. The average molecular weight is 408 g/mol. The first-order valence-electron chi connectivity index (χ1n) is 9.13. The van der Waals surface area contributed by atoms with E-state index in [1.54, 1.807) is 18.1 Å². The van der Waals surface area contributed by atoms with Gasteiger partial charge in [-0.05, 0) is 68.4 Å². The van der Waals surface area contributed by atoms with Crippen LogP contribution in [0, 0.1) is 5.82 Å². The molecule has 1 atom stereocenters. The number of rotatable bonds is 5. The molecule has 1 unspecified atom stereocenters. The lowest BCUT2D eigenvalue weighted by Crippen LogP contribution is -2.45. The number of hydrogen-bond donors (Lipinski definition) is 1. The molecule has 0 fully saturated rings. The van der Waals surface area contributed by atoms with Crippen LogP contribution in [-0.2, 0) is 6.42 Å². The van der Waals surface area contributed by atoms with Crippen molar-refractivity contribution in [1.82, 2.24) is 10.2 Å². The van der Waals surface area contributed by atoms with E-state index in [4.69, 9.17) is 4.74 Å². The number of urea groups is 1. The van der Waals surface area contributed by atoms with Crippen molar-refractivity contribution in [3.8, 4) is 5.75 Å². The van der Waals surface area contributed by atoms with Gasteiger partial charge in [0.2, 0.25) is 0 Å². The Morgan fingerprint density at radius 3 is 2.61 bits per heavy atom. The molecule has 2 aromatic rings. The molecular weight excluding hydrogens is 381 g/mol. The third-order valence-corrected chi connectivity index (χ3v) is 4.98. The maximum Gasteiger partial charge on any atom is 0.321 e. The number of carbonyl (C=O) groups is 1. The lowest BCUT2D eigenvalue weighted by Gasteiger charge is -2.31. The molecule has 0 saturated carbocycles. The summed E-state index contributed by atoms with van der Waals surface area (Å²) in [4.78, 5) is 16.6. The van der Waals surface area contributed by atoms with Crippen LogP contribution in [0.5, 0.6) is 5.75 Å². The van der Waals surface area contributed by atoms with E-state index in [2.05, 4.69) is 10.2 Å². The first-order chi connectivity index (χ1) is 13.0. The average Bonchev–Trinajstić information content (AvgIpc) is 2.67. The zero-order valence-corrected chi connectivity index (χ0v) is 17.3. The Balaban J connectivity index is 0.00000280. The molecule has 1 aliphatic heterocycles. The monoisotopic (exact) mass is 407 g/mol. The number of methoxy groups -OCH3 is 1. The number of aryl methyl sites for hydroxylation is 1. The zero-order chi connectivity index (χ0) is 19.4. The predicted molar refractivity (Wildman–Crippen MR) is 112 cm³/mol. The van der Waals surface area contributed by atoms with Gasteiger partial charge < -0.3 is 15.0 Å². The summed E-state index contributed by atoms with van der Waals surface area (Å²) < 4.78 is 18.7. The lowest BCUT2D eigenvalue weighted by atomic mass is 10.0. The maximum absolute atomic E-state index is 13.5. The van der Waals surface area contributed by atoms with Crippen LogP contribution in [0.15, 0.2) is 42.5 Å². The van der Waals surface area contributed by atoms with Crippen molar-refractivity contribution in [2.45, 2.75) is 18.9 Å². The van der Waals surface area contributed by atoms with E-state index >= 15 is 0 Å². The number of halogens is 2. The summed E-state index contributed by atoms with van der Waals surface area (Å²) in [7, 11) is 5.61. The Morgan fingerprint density at radius 2 is 1.96 bits per heavy atom. The molecule has 2 amide bonds.